The van der Waals surface area contributed by atoms with Crippen molar-refractivity contribution in [3.63, 3.8) is 0 Å². The highest BCUT2D eigenvalue weighted by Gasteiger charge is 2.32. The van der Waals surface area contributed by atoms with Crippen molar-refractivity contribution in [2.45, 2.75) is 57.3 Å². The highest BCUT2D eigenvalue weighted by atomic mass is 19.3. The van der Waals surface area contributed by atoms with Crippen LogP contribution in [0.2, 0.25) is 0 Å². The van der Waals surface area contributed by atoms with Crippen LogP contribution < -0.4 is 14.4 Å². The molecule has 0 bridgehead atoms. The zero-order valence-corrected chi connectivity index (χ0v) is 20.1. The fourth-order valence-corrected chi connectivity index (χ4v) is 4.82. The molecule has 0 unspecified atom stereocenters. The smallest absolute Gasteiger partial charge is 0.387 e. The quantitative estimate of drug-likeness (QED) is 0.505. The van der Waals surface area contributed by atoms with Crippen LogP contribution >= 0.6 is 0 Å². The van der Waals surface area contributed by atoms with Gasteiger partial charge in [0.15, 0.2) is 11.5 Å². The van der Waals surface area contributed by atoms with Crippen LogP contribution in [0.15, 0.2) is 58.7 Å². The van der Waals surface area contributed by atoms with E-state index in [-0.39, 0.29) is 30.2 Å². The third kappa shape index (κ3) is 5.83. The molecule has 1 atom stereocenters. The molecular formula is C27H30F2N4O3. The number of anilines is 1. The predicted molar refractivity (Wildman–Crippen MR) is 134 cm³/mol. The first kappa shape index (κ1) is 24.2. The molecule has 2 aromatic rings. The van der Waals surface area contributed by atoms with Crippen LogP contribution in [0.25, 0.3) is 0 Å². The van der Waals surface area contributed by atoms with Crippen molar-refractivity contribution in [1.29, 1.82) is 0 Å². The number of hydrogen-bond acceptors (Lipinski definition) is 6. The first-order chi connectivity index (χ1) is 17.5. The highest BCUT2D eigenvalue weighted by molar-refractivity contribution is 6.07. The number of piperazine rings is 1. The van der Waals surface area contributed by atoms with Gasteiger partial charge in [0.1, 0.15) is 0 Å². The molecule has 0 N–H and O–H groups in total. The summed E-state index contributed by atoms with van der Waals surface area (Å²) in [6, 6.07) is 15.2. The predicted octanol–water partition coefficient (Wildman–Crippen LogP) is 4.70. The van der Waals surface area contributed by atoms with Gasteiger partial charge in [0.2, 0.25) is 5.91 Å². The summed E-state index contributed by atoms with van der Waals surface area (Å²) in [6.45, 7) is -1.13. The monoisotopic (exact) mass is 496 g/mol. The van der Waals surface area contributed by atoms with Crippen LogP contribution in [0, 0.1) is 0 Å². The molecule has 2 fully saturated rings. The van der Waals surface area contributed by atoms with Crippen molar-refractivity contribution in [3.05, 3.63) is 54.1 Å². The Kier molecular flexibility index (Phi) is 7.44. The van der Waals surface area contributed by atoms with Crippen molar-refractivity contribution in [1.82, 2.24) is 4.90 Å². The topological polar surface area (TPSA) is 66.7 Å². The fraction of sp³-hybridized carbons (Fsp3) is 0.444. The first-order valence-corrected chi connectivity index (χ1v) is 12.5. The minimum atomic E-state index is -2.92. The summed E-state index contributed by atoms with van der Waals surface area (Å²) in [6.07, 6.45) is 6.24. The van der Waals surface area contributed by atoms with Crippen LogP contribution in [0.5, 0.6) is 11.5 Å². The Labute approximate surface area is 209 Å². The van der Waals surface area contributed by atoms with E-state index in [0.29, 0.717) is 38.2 Å². The van der Waals surface area contributed by atoms with Crippen molar-refractivity contribution in [2.24, 2.45) is 10.2 Å². The van der Waals surface area contributed by atoms with E-state index in [4.69, 9.17) is 9.47 Å². The number of benzene rings is 2. The molecule has 0 radical (unpaired) electrons. The second-order valence-electron chi connectivity index (χ2n) is 9.40. The first-order valence-electron chi connectivity index (χ1n) is 12.5. The maximum atomic E-state index is 13.2. The SMILES string of the molecule is O=C(CC1=NN=CC1)N1CCN(c2ccc(OC(F)F)c(OC3CCC3)c2)C[C@@H]1Cc1ccccc1. The molecule has 1 amide bonds. The lowest BCUT2D eigenvalue weighted by Gasteiger charge is -2.43. The molecule has 1 saturated carbocycles. The number of carbonyl (C=O) groups is 1. The van der Waals surface area contributed by atoms with Gasteiger partial charge in [-0.05, 0) is 43.4 Å². The van der Waals surface area contributed by atoms with Gasteiger partial charge in [-0.3, -0.25) is 4.79 Å². The van der Waals surface area contributed by atoms with Crippen molar-refractivity contribution >= 4 is 23.5 Å². The molecule has 3 aliphatic rings. The number of hydrogen-bond donors (Lipinski definition) is 0. The van der Waals surface area contributed by atoms with Crippen LogP contribution in [-0.2, 0) is 11.2 Å². The highest BCUT2D eigenvalue weighted by Crippen LogP contribution is 2.37. The normalized spacial score (nSPS) is 19.9. The minimum Gasteiger partial charge on any atom is -0.486 e. The Morgan fingerprint density at radius 2 is 1.92 bits per heavy atom. The van der Waals surface area contributed by atoms with Gasteiger partial charge in [-0.25, -0.2) is 0 Å². The van der Waals surface area contributed by atoms with Gasteiger partial charge in [0.25, 0.3) is 0 Å². The van der Waals surface area contributed by atoms with E-state index < -0.39 is 6.61 Å². The lowest BCUT2D eigenvalue weighted by atomic mass is 9.96. The summed E-state index contributed by atoms with van der Waals surface area (Å²) in [4.78, 5) is 17.4. The Morgan fingerprint density at radius 1 is 1.08 bits per heavy atom. The van der Waals surface area contributed by atoms with E-state index in [1.165, 1.54) is 0 Å². The average Bonchev–Trinajstić information content (AvgIpc) is 3.35. The maximum absolute atomic E-state index is 13.2. The van der Waals surface area contributed by atoms with Gasteiger partial charge in [-0.15, -0.1) is 0 Å². The molecule has 1 aliphatic carbocycles. The van der Waals surface area contributed by atoms with Gasteiger partial charge < -0.3 is 19.3 Å². The van der Waals surface area contributed by atoms with Crippen LogP contribution in [-0.4, -0.2) is 61.1 Å². The second kappa shape index (κ2) is 11.1. The lowest BCUT2D eigenvalue weighted by molar-refractivity contribution is -0.132. The summed E-state index contributed by atoms with van der Waals surface area (Å²) in [5, 5.41) is 7.95. The van der Waals surface area contributed by atoms with E-state index >= 15 is 0 Å². The molecule has 190 valence electrons. The molecular weight excluding hydrogens is 466 g/mol. The summed E-state index contributed by atoms with van der Waals surface area (Å²) in [7, 11) is 0. The van der Waals surface area contributed by atoms with Crippen molar-refractivity contribution in [3.8, 4) is 11.5 Å². The molecule has 36 heavy (non-hydrogen) atoms. The zero-order valence-electron chi connectivity index (χ0n) is 20.1. The van der Waals surface area contributed by atoms with Crippen molar-refractivity contribution < 1.29 is 23.0 Å². The molecule has 2 aliphatic heterocycles. The molecule has 1 saturated heterocycles. The van der Waals surface area contributed by atoms with Gasteiger partial charge in [0.05, 0.1) is 24.3 Å². The Morgan fingerprint density at radius 3 is 2.61 bits per heavy atom. The van der Waals surface area contributed by atoms with Crippen LogP contribution in [0.1, 0.15) is 37.7 Å². The van der Waals surface area contributed by atoms with Crippen LogP contribution in [0.3, 0.4) is 0 Å². The minimum absolute atomic E-state index is 0.0306. The number of ether oxygens (including phenoxy) is 2. The van der Waals surface area contributed by atoms with Crippen LogP contribution in [0.4, 0.5) is 14.5 Å². The van der Waals surface area contributed by atoms with Crippen molar-refractivity contribution in [2.75, 3.05) is 24.5 Å². The second-order valence-corrected chi connectivity index (χ2v) is 9.40. The largest absolute Gasteiger partial charge is 0.486 e. The van der Waals surface area contributed by atoms with Gasteiger partial charge in [-0.1, -0.05) is 30.3 Å². The van der Waals surface area contributed by atoms with E-state index in [0.717, 1.165) is 36.2 Å². The van der Waals surface area contributed by atoms with E-state index in [2.05, 4.69) is 27.2 Å². The maximum Gasteiger partial charge on any atom is 0.387 e. The average molecular weight is 497 g/mol. The molecule has 7 nitrogen and oxygen atoms in total. The van der Waals surface area contributed by atoms with Gasteiger partial charge in [0, 0.05) is 44.0 Å². The zero-order chi connectivity index (χ0) is 24.9. The molecule has 0 aromatic heterocycles. The lowest BCUT2D eigenvalue weighted by Crippen LogP contribution is -2.56. The van der Waals surface area contributed by atoms with Gasteiger partial charge in [-0.2, -0.15) is 19.0 Å². The summed E-state index contributed by atoms with van der Waals surface area (Å²) in [5.41, 5.74) is 2.80. The number of nitrogens with zero attached hydrogens (tertiary/aromatic N) is 4. The number of rotatable bonds is 9. The molecule has 9 heteroatoms. The van der Waals surface area contributed by atoms with E-state index in [1.54, 1.807) is 24.4 Å². The fourth-order valence-electron chi connectivity index (χ4n) is 4.82. The Bertz CT molecular complexity index is 1120. The van der Waals surface area contributed by atoms with E-state index in [9.17, 15) is 13.6 Å². The third-order valence-corrected chi connectivity index (χ3v) is 6.93. The molecule has 2 aromatic carbocycles. The Hall–Kier alpha value is -3.49. The van der Waals surface area contributed by atoms with Gasteiger partial charge >= 0.3 is 6.61 Å². The van der Waals surface area contributed by atoms with E-state index in [1.807, 2.05) is 23.1 Å². The third-order valence-electron chi connectivity index (χ3n) is 6.93. The molecule has 2 heterocycles. The molecule has 0 spiro atoms. The molecule has 5 rings (SSSR count). The summed E-state index contributed by atoms with van der Waals surface area (Å²) in [5.74, 6) is 0.444. The number of amides is 1. The number of carbonyl (C=O) groups excluding carboxylic acids is 1. The number of halogens is 2. The summed E-state index contributed by atoms with van der Waals surface area (Å²) >= 11 is 0. The standard InChI is InChI=1S/C27H30F2N4O3/c28-27(29)36-24-10-9-21(17-25(24)35-23-7-4-8-23)32-13-14-33(26(34)16-20-11-12-30-31-20)22(18-32)15-19-5-2-1-3-6-19/h1-3,5-6,9-10,12,17,22-23,27H,4,7-8,11,13-16,18H2/t22-/m0/s1. The number of alkyl halides is 2. The Balaban J connectivity index is 1.35. The summed E-state index contributed by atoms with van der Waals surface area (Å²) < 4.78 is 36.7.